The van der Waals surface area contributed by atoms with Gasteiger partial charge in [0.15, 0.2) is 0 Å². The predicted octanol–water partition coefficient (Wildman–Crippen LogP) is 2.73. The lowest BCUT2D eigenvalue weighted by molar-refractivity contribution is 0.0386. The van der Waals surface area contributed by atoms with Crippen molar-refractivity contribution in [3.63, 3.8) is 0 Å². The number of morpholine rings is 1. The highest BCUT2D eigenvalue weighted by Crippen LogP contribution is 2.27. The maximum atomic E-state index is 12.5. The van der Waals surface area contributed by atoms with E-state index < -0.39 is 0 Å². The van der Waals surface area contributed by atoms with Crippen LogP contribution in [0.2, 0.25) is 0 Å². The van der Waals surface area contributed by atoms with Crippen molar-refractivity contribution in [1.29, 1.82) is 0 Å². The molecule has 2 aromatic heterocycles. The molecule has 0 amide bonds. The molecule has 0 unspecified atom stereocenters. The lowest BCUT2D eigenvalue weighted by atomic mass is 10.0. The van der Waals surface area contributed by atoms with Gasteiger partial charge in [-0.2, -0.15) is 0 Å². The second kappa shape index (κ2) is 7.32. The van der Waals surface area contributed by atoms with Gasteiger partial charge >= 0.3 is 0 Å². The number of rotatable bonds is 3. The first-order valence-corrected chi connectivity index (χ1v) is 9.04. The summed E-state index contributed by atoms with van der Waals surface area (Å²) in [6.45, 7) is 4.04. The van der Waals surface area contributed by atoms with Crippen molar-refractivity contribution in [2.75, 3.05) is 24.6 Å². The van der Waals surface area contributed by atoms with Gasteiger partial charge in [-0.1, -0.05) is 24.3 Å². The van der Waals surface area contributed by atoms with Gasteiger partial charge < -0.3 is 9.64 Å². The second-order valence-electron chi connectivity index (χ2n) is 6.74. The predicted molar refractivity (Wildman–Crippen MR) is 105 cm³/mol. The van der Waals surface area contributed by atoms with E-state index in [9.17, 15) is 4.79 Å². The first-order valence-electron chi connectivity index (χ1n) is 9.04. The Kier molecular flexibility index (Phi) is 4.73. The smallest absolute Gasteiger partial charge is 0.255 e. The van der Waals surface area contributed by atoms with Gasteiger partial charge in [-0.05, 0) is 30.2 Å². The molecule has 1 aromatic carbocycles. The van der Waals surface area contributed by atoms with Crippen molar-refractivity contribution >= 4 is 5.95 Å². The molecular formula is C21H22N4O2. The molecule has 1 atom stereocenters. The van der Waals surface area contributed by atoms with E-state index in [2.05, 4.69) is 28.9 Å². The average molecular weight is 362 g/mol. The largest absolute Gasteiger partial charge is 0.370 e. The summed E-state index contributed by atoms with van der Waals surface area (Å²) in [5, 5.41) is 0. The van der Waals surface area contributed by atoms with Gasteiger partial charge in [0.2, 0.25) is 5.95 Å². The third kappa shape index (κ3) is 3.48. The maximum Gasteiger partial charge on any atom is 0.255 e. The van der Waals surface area contributed by atoms with Crippen LogP contribution in [0.1, 0.15) is 17.2 Å². The second-order valence-corrected chi connectivity index (χ2v) is 6.74. The Labute approximate surface area is 158 Å². The summed E-state index contributed by atoms with van der Waals surface area (Å²) in [6, 6.07) is 13.5. The van der Waals surface area contributed by atoms with Gasteiger partial charge in [0.05, 0.1) is 18.8 Å². The molecular weight excluding hydrogens is 340 g/mol. The Morgan fingerprint density at radius 1 is 1.15 bits per heavy atom. The lowest BCUT2D eigenvalue weighted by Gasteiger charge is -2.35. The zero-order valence-electron chi connectivity index (χ0n) is 15.5. The summed E-state index contributed by atoms with van der Waals surface area (Å²) in [5.74, 6) is 0.663. The molecule has 0 radical (unpaired) electrons. The zero-order valence-corrected chi connectivity index (χ0v) is 15.5. The van der Waals surface area contributed by atoms with Crippen LogP contribution in [0.15, 0.2) is 59.7 Å². The highest BCUT2D eigenvalue weighted by molar-refractivity contribution is 5.59. The van der Waals surface area contributed by atoms with E-state index in [1.807, 2.05) is 24.3 Å². The van der Waals surface area contributed by atoms with E-state index in [-0.39, 0.29) is 11.7 Å². The molecule has 0 N–H and O–H groups in total. The van der Waals surface area contributed by atoms with Crippen LogP contribution in [0.4, 0.5) is 5.95 Å². The summed E-state index contributed by atoms with van der Waals surface area (Å²) >= 11 is 0. The molecule has 1 fully saturated rings. The lowest BCUT2D eigenvalue weighted by Crippen LogP contribution is -2.41. The number of aromatic nitrogens is 3. The molecule has 4 rings (SSSR count). The molecule has 3 aromatic rings. The Hall–Kier alpha value is -2.99. The van der Waals surface area contributed by atoms with Gasteiger partial charge in [0.25, 0.3) is 5.56 Å². The molecule has 138 valence electrons. The molecule has 27 heavy (non-hydrogen) atoms. The number of hydrogen-bond acceptors (Lipinski definition) is 5. The standard InChI is InChI=1S/C21H22N4O2/c1-15-5-3-4-6-17(15)19-14-25(11-12-27-19)21-23-18(13-20(26)24(21)2)16-7-9-22-10-8-16/h3-10,13,19H,11-12,14H2,1-2H3/t19-/m0/s1. The van der Waals surface area contributed by atoms with Crippen molar-refractivity contribution in [2.45, 2.75) is 13.0 Å². The molecule has 1 aliphatic heterocycles. The first kappa shape index (κ1) is 17.4. The fourth-order valence-electron chi connectivity index (χ4n) is 3.45. The number of benzene rings is 1. The SMILES string of the molecule is Cc1ccccc1[C@@H]1CN(c2nc(-c3ccncc3)cc(=O)n2C)CCO1. The maximum absolute atomic E-state index is 12.5. The van der Waals surface area contributed by atoms with Crippen molar-refractivity contribution in [3.8, 4) is 11.3 Å². The van der Waals surface area contributed by atoms with E-state index in [0.29, 0.717) is 31.3 Å². The number of nitrogens with zero attached hydrogens (tertiary/aromatic N) is 4. The van der Waals surface area contributed by atoms with Crippen LogP contribution in [0, 0.1) is 6.92 Å². The van der Waals surface area contributed by atoms with Crippen LogP contribution in [0.3, 0.4) is 0 Å². The molecule has 0 aliphatic carbocycles. The number of hydrogen-bond donors (Lipinski definition) is 0. The summed E-state index contributed by atoms with van der Waals surface area (Å²) < 4.78 is 7.62. The molecule has 1 saturated heterocycles. The zero-order chi connectivity index (χ0) is 18.8. The Morgan fingerprint density at radius 3 is 2.70 bits per heavy atom. The Bertz CT molecular complexity index is 1000. The third-order valence-corrected chi connectivity index (χ3v) is 4.97. The molecule has 0 saturated carbocycles. The molecule has 6 heteroatoms. The summed E-state index contributed by atoms with van der Waals surface area (Å²) in [6.07, 6.45) is 3.37. The van der Waals surface area contributed by atoms with E-state index in [4.69, 9.17) is 9.72 Å². The highest BCUT2D eigenvalue weighted by Gasteiger charge is 2.26. The minimum atomic E-state index is -0.0780. The molecule has 6 nitrogen and oxygen atoms in total. The normalized spacial score (nSPS) is 17.1. The van der Waals surface area contributed by atoms with Crippen LogP contribution >= 0.6 is 0 Å². The van der Waals surface area contributed by atoms with Gasteiger partial charge in [-0.25, -0.2) is 4.98 Å². The summed E-state index contributed by atoms with van der Waals surface area (Å²) in [7, 11) is 1.76. The third-order valence-electron chi connectivity index (χ3n) is 4.97. The van der Waals surface area contributed by atoms with Gasteiger partial charge in [-0.15, -0.1) is 0 Å². The van der Waals surface area contributed by atoms with Crippen molar-refractivity contribution in [1.82, 2.24) is 14.5 Å². The number of pyridine rings is 1. The molecule has 0 bridgehead atoms. The van der Waals surface area contributed by atoms with Crippen LogP contribution in [-0.4, -0.2) is 34.2 Å². The van der Waals surface area contributed by atoms with E-state index in [0.717, 1.165) is 5.56 Å². The fraction of sp³-hybridized carbons (Fsp3) is 0.286. The van der Waals surface area contributed by atoms with E-state index in [1.54, 1.807) is 30.1 Å². The molecule has 0 spiro atoms. The average Bonchev–Trinajstić information content (AvgIpc) is 2.71. The van der Waals surface area contributed by atoms with Crippen molar-refractivity contribution in [3.05, 3.63) is 76.3 Å². The Morgan fingerprint density at radius 2 is 1.93 bits per heavy atom. The van der Waals surface area contributed by atoms with Crippen LogP contribution in [0.25, 0.3) is 11.3 Å². The first-order chi connectivity index (χ1) is 13.1. The highest BCUT2D eigenvalue weighted by atomic mass is 16.5. The van der Waals surface area contributed by atoms with Crippen LogP contribution in [0.5, 0.6) is 0 Å². The summed E-state index contributed by atoms with van der Waals surface area (Å²) in [5.41, 5.74) is 3.85. The minimum Gasteiger partial charge on any atom is -0.370 e. The van der Waals surface area contributed by atoms with Gasteiger partial charge in [-0.3, -0.25) is 14.3 Å². The minimum absolute atomic E-state index is 0.0403. The molecule has 1 aliphatic rings. The van der Waals surface area contributed by atoms with Crippen LogP contribution in [-0.2, 0) is 11.8 Å². The monoisotopic (exact) mass is 362 g/mol. The quantitative estimate of drug-likeness (QED) is 0.717. The number of aryl methyl sites for hydroxylation is 1. The summed E-state index contributed by atoms with van der Waals surface area (Å²) in [4.78, 5) is 23.5. The Balaban J connectivity index is 1.69. The van der Waals surface area contributed by atoms with Crippen LogP contribution < -0.4 is 10.5 Å². The van der Waals surface area contributed by atoms with E-state index >= 15 is 0 Å². The number of anilines is 1. The van der Waals surface area contributed by atoms with Gasteiger partial charge in [0, 0.05) is 37.6 Å². The van der Waals surface area contributed by atoms with Crippen molar-refractivity contribution in [2.24, 2.45) is 7.05 Å². The fourth-order valence-corrected chi connectivity index (χ4v) is 3.45. The van der Waals surface area contributed by atoms with Crippen molar-refractivity contribution < 1.29 is 4.74 Å². The molecule has 3 heterocycles. The van der Waals surface area contributed by atoms with E-state index in [1.165, 1.54) is 11.1 Å². The topological polar surface area (TPSA) is 60.2 Å². The number of ether oxygens (including phenoxy) is 1. The van der Waals surface area contributed by atoms with Gasteiger partial charge in [0.1, 0.15) is 6.10 Å².